The number of anilines is 1. The summed E-state index contributed by atoms with van der Waals surface area (Å²) >= 11 is 0. The number of carbonyl (C=O) groups is 1. The van der Waals surface area contributed by atoms with Crippen LogP contribution in [0.25, 0.3) is 21.7 Å². The van der Waals surface area contributed by atoms with E-state index >= 15 is 0 Å². The van der Waals surface area contributed by atoms with Gasteiger partial charge in [0.25, 0.3) is 0 Å². The van der Waals surface area contributed by atoms with Gasteiger partial charge in [-0.25, -0.2) is 9.78 Å². The molecule has 3 rings (SSSR count). The number of carbonyl (C=O) groups excluding carboxylic acids is 1. The van der Waals surface area contributed by atoms with E-state index in [1.54, 1.807) is 18.3 Å². The summed E-state index contributed by atoms with van der Waals surface area (Å²) in [5.74, 6) is 0.362. The van der Waals surface area contributed by atoms with Crippen LogP contribution in [0.2, 0.25) is 0 Å². The predicted octanol–water partition coefficient (Wildman–Crippen LogP) is 1.89. The molecule has 0 bridgehead atoms. The quantitative estimate of drug-likeness (QED) is 0.436. The van der Waals surface area contributed by atoms with Crippen LogP contribution in [0.5, 0.6) is 0 Å². The molecule has 6 heteroatoms. The molecule has 1 aromatic carbocycles. The second kappa shape index (κ2) is 5.85. The number of fused-ring (bicyclic) bond motifs is 3. The number of para-hydroxylation sites is 1. The Morgan fingerprint density at radius 1 is 1.18 bits per heavy atom. The molecular formula is C16H15N3O3. The molecule has 6 nitrogen and oxygen atoms in total. The van der Waals surface area contributed by atoms with Crippen molar-refractivity contribution in [2.75, 3.05) is 18.4 Å². The number of pyridine rings is 1. The smallest absolute Gasteiger partial charge is 0.347 e. The van der Waals surface area contributed by atoms with Gasteiger partial charge >= 0.3 is 5.63 Å². The number of hydrogen-bond acceptors (Lipinski definition) is 5. The van der Waals surface area contributed by atoms with E-state index in [2.05, 4.69) is 15.6 Å². The maximum Gasteiger partial charge on any atom is 0.347 e. The van der Waals surface area contributed by atoms with E-state index < -0.39 is 5.63 Å². The van der Waals surface area contributed by atoms with E-state index in [0.29, 0.717) is 29.9 Å². The summed E-state index contributed by atoms with van der Waals surface area (Å²) in [5, 5.41) is 7.82. The highest BCUT2D eigenvalue weighted by Gasteiger charge is 2.11. The number of aromatic nitrogens is 1. The van der Waals surface area contributed by atoms with Crippen LogP contribution >= 0.6 is 0 Å². The van der Waals surface area contributed by atoms with Crippen LogP contribution in [0.1, 0.15) is 6.92 Å². The molecule has 0 aliphatic carbocycles. The van der Waals surface area contributed by atoms with Crippen molar-refractivity contribution >= 4 is 33.5 Å². The largest absolute Gasteiger partial charge is 0.422 e. The SMILES string of the molecule is CC(=O)NCCNc1nccc2c1c(=O)oc1ccccc12. The minimum atomic E-state index is -0.427. The summed E-state index contributed by atoms with van der Waals surface area (Å²) in [6, 6.07) is 9.19. The molecule has 0 fully saturated rings. The number of nitrogens with zero attached hydrogens (tertiary/aromatic N) is 1. The van der Waals surface area contributed by atoms with Crippen LogP contribution in [0, 0.1) is 0 Å². The van der Waals surface area contributed by atoms with Crippen molar-refractivity contribution in [2.24, 2.45) is 0 Å². The summed E-state index contributed by atoms with van der Waals surface area (Å²) in [7, 11) is 0. The van der Waals surface area contributed by atoms with E-state index in [1.165, 1.54) is 6.92 Å². The van der Waals surface area contributed by atoms with Gasteiger partial charge in [0, 0.05) is 37.0 Å². The molecule has 112 valence electrons. The van der Waals surface area contributed by atoms with Crippen molar-refractivity contribution in [3.05, 3.63) is 46.9 Å². The third-order valence-corrected chi connectivity index (χ3v) is 3.33. The Labute approximate surface area is 126 Å². The average Bonchev–Trinajstić information content (AvgIpc) is 2.51. The van der Waals surface area contributed by atoms with Crippen LogP contribution in [-0.4, -0.2) is 24.0 Å². The maximum absolute atomic E-state index is 12.2. The molecule has 0 unspecified atom stereocenters. The van der Waals surface area contributed by atoms with Gasteiger partial charge in [0.05, 0.1) is 0 Å². The molecule has 0 saturated heterocycles. The monoisotopic (exact) mass is 297 g/mol. The minimum Gasteiger partial charge on any atom is -0.422 e. The third-order valence-electron chi connectivity index (χ3n) is 3.33. The summed E-state index contributed by atoms with van der Waals surface area (Å²) in [6.07, 6.45) is 1.65. The summed E-state index contributed by atoms with van der Waals surface area (Å²) in [5.41, 5.74) is 0.124. The molecule has 22 heavy (non-hydrogen) atoms. The van der Waals surface area contributed by atoms with Crippen molar-refractivity contribution < 1.29 is 9.21 Å². The van der Waals surface area contributed by atoms with Gasteiger partial charge in [0.1, 0.15) is 16.8 Å². The first-order valence-electron chi connectivity index (χ1n) is 6.95. The van der Waals surface area contributed by atoms with Crippen molar-refractivity contribution in [3.8, 4) is 0 Å². The first kappa shape index (κ1) is 14.1. The normalized spacial score (nSPS) is 10.8. The second-order valence-corrected chi connectivity index (χ2v) is 4.88. The molecular weight excluding hydrogens is 282 g/mol. The number of benzene rings is 1. The Balaban J connectivity index is 2.03. The zero-order valence-corrected chi connectivity index (χ0v) is 12.1. The van der Waals surface area contributed by atoms with Gasteiger partial charge in [-0.05, 0) is 12.1 Å². The van der Waals surface area contributed by atoms with Crippen LogP contribution in [0.3, 0.4) is 0 Å². The average molecular weight is 297 g/mol. The molecule has 2 N–H and O–H groups in total. The number of rotatable bonds is 4. The second-order valence-electron chi connectivity index (χ2n) is 4.88. The van der Waals surface area contributed by atoms with Crippen LogP contribution in [-0.2, 0) is 4.79 Å². The van der Waals surface area contributed by atoms with Crippen LogP contribution < -0.4 is 16.3 Å². The van der Waals surface area contributed by atoms with Gasteiger partial charge in [0.15, 0.2) is 0 Å². The van der Waals surface area contributed by atoms with Gasteiger partial charge < -0.3 is 15.1 Å². The van der Waals surface area contributed by atoms with Crippen molar-refractivity contribution in [2.45, 2.75) is 6.92 Å². The van der Waals surface area contributed by atoms with Gasteiger partial charge in [-0.2, -0.15) is 0 Å². The summed E-state index contributed by atoms with van der Waals surface area (Å²) < 4.78 is 5.35. The molecule has 2 heterocycles. The Morgan fingerprint density at radius 2 is 2.00 bits per heavy atom. The summed E-state index contributed by atoms with van der Waals surface area (Å²) in [6.45, 7) is 2.38. The lowest BCUT2D eigenvalue weighted by molar-refractivity contribution is -0.118. The maximum atomic E-state index is 12.2. The molecule has 3 aromatic rings. The van der Waals surface area contributed by atoms with Crippen LogP contribution in [0.4, 0.5) is 5.82 Å². The number of hydrogen-bond donors (Lipinski definition) is 2. The zero-order chi connectivity index (χ0) is 15.5. The Hall–Kier alpha value is -2.89. The van der Waals surface area contributed by atoms with Crippen molar-refractivity contribution in [3.63, 3.8) is 0 Å². The number of nitrogens with one attached hydrogen (secondary N) is 2. The van der Waals surface area contributed by atoms with Crippen LogP contribution in [0.15, 0.2) is 45.7 Å². The lowest BCUT2D eigenvalue weighted by Gasteiger charge is -2.09. The molecule has 1 amide bonds. The molecule has 0 spiro atoms. The first-order chi connectivity index (χ1) is 10.7. The molecule has 0 atom stereocenters. The lowest BCUT2D eigenvalue weighted by Crippen LogP contribution is -2.26. The van der Waals surface area contributed by atoms with E-state index in [-0.39, 0.29) is 5.91 Å². The predicted molar refractivity (Wildman–Crippen MR) is 85.0 cm³/mol. The van der Waals surface area contributed by atoms with E-state index in [4.69, 9.17) is 4.42 Å². The van der Waals surface area contributed by atoms with Gasteiger partial charge in [-0.3, -0.25) is 4.79 Å². The Bertz CT molecular complexity index is 902. The summed E-state index contributed by atoms with van der Waals surface area (Å²) in [4.78, 5) is 27.3. The molecule has 0 aliphatic rings. The van der Waals surface area contributed by atoms with Gasteiger partial charge in [-0.15, -0.1) is 0 Å². The molecule has 0 radical (unpaired) electrons. The van der Waals surface area contributed by atoms with Crippen molar-refractivity contribution in [1.82, 2.24) is 10.3 Å². The Kier molecular flexibility index (Phi) is 3.74. The third kappa shape index (κ3) is 2.63. The molecule has 0 aliphatic heterocycles. The Morgan fingerprint density at radius 3 is 2.82 bits per heavy atom. The molecule has 0 saturated carbocycles. The minimum absolute atomic E-state index is 0.0989. The lowest BCUT2D eigenvalue weighted by atomic mass is 10.1. The van der Waals surface area contributed by atoms with Gasteiger partial charge in [0.2, 0.25) is 5.91 Å². The van der Waals surface area contributed by atoms with E-state index in [0.717, 1.165) is 10.8 Å². The highest BCUT2D eigenvalue weighted by molar-refractivity contribution is 6.07. The fourth-order valence-corrected chi connectivity index (χ4v) is 2.38. The zero-order valence-electron chi connectivity index (χ0n) is 12.1. The highest BCUT2D eigenvalue weighted by Crippen LogP contribution is 2.25. The fraction of sp³-hybridized carbons (Fsp3) is 0.188. The van der Waals surface area contributed by atoms with Gasteiger partial charge in [-0.1, -0.05) is 18.2 Å². The topological polar surface area (TPSA) is 84.2 Å². The van der Waals surface area contributed by atoms with Crippen molar-refractivity contribution in [1.29, 1.82) is 0 Å². The highest BCUT2D eigenvalue weighted by atomic mass is 16.4. The first-order valence-corrected chi connectivity index (χ1v) is 6.95. The number of amides is 1. The standard InChI is InChI=1S/C16H15N3O3/c1-10(20)17-8-9-19-15-14-12(6-7-18-15)11-4-2-3-5-13(11)22-16(14)21/h2-7H,8-9H2,1H3,(H,17,20)(H,18,19). The fourth-order valence-electron chi connectivity index (χ4n) is 2.38. The van der Waals surface area contributed by atoms with E-state index in [1.807, 2.05) is 18.2 Å². The molecule has 2 aromatic heterocycles. The van der Waals surface area contributed by atoms with E-state index in [9.17, 15) is 9.59 Å².